The Kier molecular flexibility index (Phi) is 5.70. The van der Waals surface area contributed by atoms with Crippen molar-refractivity contribution in [2.45, 2.75) is 20.4 Å². The van der Waals surface area contributed by atoms with Crippen LogP contribution in [-0.4, -0.2) is 28.7 Å². The van der Waals surface area contributed by atoms with Crippen molar-refractivity contribution in [2.75, 3.05) is 6.61 Å². The molecular formula is C15H16ClFN4O2. The van der Waals surface area contributed by atoms with Gasteiger partial charge in [0.2, 0.25) is 0 Å². The van der Waals surface area contributed by atoms with Crippen LogP contribution in [0, 0.1) is 12.7 Å². The summed E-state index contributed by atoms with van der Waals surface area (Å²) in [6.07, 6.45) is 0.763. The Hall–Kier alpha value is -2.41. The van der Waals surface area contributed by atoms with E-state index in [4.69, 9.17) is 11.6 Å². The Morgan fingerprint density at radius 1 is 1.48 bits per heavy atom. The lowest BCUT2D eigenvalue weighted by atomic mass is 10.2. The molecule has 0 fully saturated rings. The standard InChI is InChI=1S/C15H16ClFN4O2/c1-3-23-15(22)19-18-8-13-10(2)20-21(14(13)16)9-11-4-6-12(17)7-5-11/h4-8H,3,9H2,1-2H3,(H,19,22)/b18-8-. The minimum Gasteiger partial charge on any atom is -0.449 e. The molecule has 0 bridgehead atoms. The third-order valence-electron chi connectivity index (χ3n) is 2.98. The second kappa shape index (κ2) is 7.73. The van der Waals surface area contributed by atoms with Gasteiger partial charge in [0.25, 0.3) is 0 Å². The van der Waals surface area contributed by atoms with Crippen LogP contribution in [0.15, 0.2) is 29.4 Å². The van der Waals surface area contributed by atoms with Gasteiger partial charge < -0.3 is 4.74 Å². The summed E-state index contributed by atoms with van der Waals surface area (Å²) in [6.45, 7) is 4.14. The highest BCUT2D eigenvalue weighted by Gasteiger charge is 2.12. The smallest absolute Gasteiger partial charge is 0.427 e. The zero-order chi connectivity index (χ0) is 16.8. The molecule has 1 aromatic heterocycles. The zero-order valence-corrected chi connectivity index (χ0v) is 13.5. The number of carbonyl (C=O) groups is 1. The zero-order valence-electron chi connectivity index (χ0n) is 12.7. The molecule has 0 saturated heterocycles. The van der Waals surface area contributed by atoms with Crippen molar-refractivity contribution in [3.8, 4) is 0 Å². The van der Waals surface area contributed by atoms with E-state index in [1.54, 1.807) is 30.7 Å². The Bertz CT molecular complexity index is 713. The SMILES string of the molecule is CCOC(=O)N/N=C\c1c(C)nn(Cc2ccc(F)cc2)c1Cl. The highest BCUT2D eigenvalue weighted by molar-refractivity contribution is 6.32. The maximum atomic E-state index is 12.9. The van der Waals surface area contributed by atoms with Crippen LogP contribution in [0.2, 0.25) is 5.15 Å². The van der Waals surface area contributed by atoms with Gasteiger partial charge in [0.05, 0.1) is 30.6 Å². The first-order valence-electron chi connectivity index (χ1n) is 6.94. The van der Waals surface area contributed by atoms with Gasteiger partial charge >= 0.3 is 6.09 Å². The number of carbonyl (C=O) groups excluding carboxylic acids is 1. The molecule has 1 heterocycles. The third kappa shape index (κ3) is 4.53. The Balaban J connectivity index is 2.11. The molecule has 0 spiro atoms. The van der Waals surface area contributed by atoms with E-state index < -0.39 is 6.09 Å². The first-order chi connectivity index (χ1) is 11.0. The van der Waals surface area contributed by atoms with Crippen molar-refractivity contribution in [1.29, 1.82) is 0 Å². The molecule has 0 aliphatic heterocycles. The number of nitrogens with one attached hydrogen (secondary N) is 1. The largest absolute Gasteiger partial charge is 0.449 e. The number of hydrogen-bond acceptors (Lipinski definition) is 4. The third-order valence-corrected chi connectivity index (χ3v) is 3.38. The van der Waals surface area contributed by atoms with E-state index in [1.165, 1.54) is 18.3 Å². The number of amides is 1. The predicted molar refractivity (Wildman–Crippen MR) is 85.2 cm³/mol. The summed E-state index contributed by atoms with van der Waals surface area (Å²) >= 11 is 6.28. The van der Waals surface area contributed by atoms with E-state index in [-0.39, 0.29) is 12.4 Å². The molecular weight excluding hydrogens is 323 g/mol. The molecule has 1 amide bonds. The van der Waals surface area contributed by atoms with Crippen molar-refractivity contribution in [3.05, 3.63) is 52.1 Å². The van der Waals surface area contributed by atoms with Gasteiger partial charge in [-0.1, -0.05) is 23.7 Å². The van der Waals surface area contributed by atoms with Gasteiger partial charge in [0.15, 0.2) is 0 Å². The maximum Gasteiger partial charge on any atom is 0.427 e. The van der Waals surface area contributed by atoms with Crippen molar-refractivity contribution >= 4 is 23.9 Å². The van der Waals surface area contributed by atoms with Gasteiger partial charge in [0, 0.05) is 0 Å². The first kappa shape index (κ1) is 17.0. The maximum absolute atomic E-state index is 12.9. The lowest BCUT2D eigenvalue weighted by molar-refractivity contribution is 0.152. The lowest BCUT2D eigenvalue weighted by Crippen LogP contribution is -2.18. The number of aromatic nitrogens is 2. The van der Waals surface area contributed by atoms with Crippen LogP contribution in [0.5, 0.6) is 0 Å². The number of nitrogens with zero attached hydrogens (tertiary/aromatic N) is 3. The summed E-state index contributed by atoms with van der Waals surface area (Å²) in [6, 6.07) is 6.09. The number of halogens is 2. The fourth-order valence-corrected chi connectivity index (χ4v) is 2.18. The summed E-state index contributed by atoms with van der Waals surface area (Å²) in [4.78, 5) is 11.1. The molecule has 2 rings (SSSR count). The second-order valence-corrected chi connectivity index (χ2v) is 5.02. The van der Waals surface area contributed by atoms with E-state index >= 15 is 0 Å². The van der Waals surface area contributed by atoms with Gasteiger partial charge in [-0.15, -0.1) is 0 Å². The minimum atomic E-state index is -0.642. The summed E-state index contributed by atoms with van der Waals surface area (Å²) in [5.74, 6) is -0.297. The first-order valence-corrected chi connectivity index (χ1v) is 7.32. The van der Waals surface area contributed by atoms with Crippen LogP contribution >= 0.6 is 11.6 Å². The normalized spacial score (nSPS) is 11.0. The quantitative estimate of drug-likeness (QED) is 0.672. The van der Waals surface area contributed by atoms with Crippen molar-refractivity contribution in [2.24, 2.45) is 5.10 Å². The Morgan fingerprint density at radius 3 is 2.83 bits per heavy atom. The molecule has 0 aliphatic carbocycles. The molecule has 0 radical (unpaired) electrons. The molecule has 23 heavy (non-hydrogen) atoms. The highest BCUT2D eigenvalue weighted by atomic mass is 35.5. The lowest BCUT2D eigenvalue weighted by Gasteiger charge is -2.03. The van der Waals surface area contributed by atoms with E-state index in [2.05, 4.69) is 20.4 Å². The predicted octanol–water partition coefficient (Wildman–Crippen LogP) is 3.11. The summed E-state index contributed by atoms with van der Waals surface area (Å²) in [5.41, 5.74) is 4.33. The van der Waals surface area contributed by atoms with E-state index in [1.807, 2.05) is 0 Å². The fourth-order valence-electron chi connectivity index (χ4n) is 1.89. The van der Waals surface area contributed by atoms with Gasteiger partial charge in [-0.05, 0) is 31.5 Å². The Morgan fingerprint density at radius 2 is 2.17 bits per heavy atom. The number of rotatable bonds is 5. The molecule has 0 atom stereocenters. The monoisotopic (exact) mass is 338 g/mol. The Labute approximate surface area is 137 Å². The van der Waals surface area contributed by atoms with Crippen LogP contribution in [0.1, 0.15) is 23.7 Å². The number of hydrogen-bond donors (Lipinski definition) is 1. The minimum absolute atomic E-state index is 0.261. The molecule has 1 N–H and O–H groups in total. The van der Waals surface area contributed by atoms with E-state index in [0.29, 0.717) is 23.0 Å². The average molecular weight is 339 g/mol. The second-order valence-electron chi connectivity index (χ2n) is 4.66. The van der Waals surface area contributed by atoms with E-state index in [9.17, 15) is 9.18 Å². The highest BCUT2D eigenvalue weighted by Crippen LogP contribution is 2.19. The summed E-state index contributed by atoms with van der Waals surface area (Å²) in [7, 11) is 0. The fraction of sp³-hybridized carbons (Fsp3) is 0.267. The molecule has 1 aromatic carbocycles. The molecule has 6 nitrogen and oxygen atoms in total. The number of ether oxygens (including phenoxy) is 1. The molecule has 0 unspecified atom stereocenters. The van der Waals surface area contributed by atoms with Crippen LogP contribution in [0.25, 0.3) is 0 Å². The van der Waals surface area contributed by atoms with Gasteiger partial charge in [0.1, 0.15) is 11.0 Å². The molecule has 0 saturated carbocycles. The van der Waals surface area contributed by atoms with Gasteiger partial charge in [-0.25, -0.2) is 19.3 Å². The van der Waals surface area contributed by atoms with Gasteiger partial charge in [-0.3, -0.25) is 0 Å². The van der Waals surface area contributed by atoms with Crippen molar-refractivity contribution in [1.82, 2.24) is 15.2 Å². The molecule has 122 valence electrons. The van der Waals surface area contributed by atoms with Crippen molar-refractivity contribution in [3.63, 3.8) is 0 Å². The van der Waals surface area contributed by atoms with Crippen LogP contribution < -0.4 is 5.43 Å². The summed E-state index contributed by atoms with van der Waals surface area (Å²) < 4.78 is 19.2. The molecule has 8 heteroatoms. The number of benzene rings is 1. The molecule has 0 aliphatic rings. The van der Waals surface area contributed by atoms with Crippen molar-refractivity contribution < 1.29 is 13.9 Å². The number of aryl methyl sites for hydroxylation is 1. The average Bonchev–Trinajstić information content (AvgIpc) is 2.77. The van der Waals surface area contributed by atoms with Crippen LogP contribution in [0.4, 0.5) is 9.18 Å². The summed E-state index contributed by atoms with van der Waals surface area (Å²) in [5, 5.41) is 8.47. The van der Waals surface area contributed by atoms with Gasteiger partial charge in [-0.2, -0.15) is 10.2 Å². The van der Waals surface area contributed by atoms with E-state index in [0.717, 1.165) is 5.56 Å². The van der Waals surface area contributed by atoms with Crippen LogP contribution in [-0.2, 0) is 11.3 Å². The molecule has 2 aromatic rings. The number of hydrazone groups is 1. The van der Waals surface area contributed by atoms with Crippen LogP contribution in [0.3, 0.4) is 0 Å². The topological polar surface area (TPSA) is 68.5 Å².